The van der Waals surface area contributed by atoms with Gasteiger partial charge in [-0.05, 0) is 32.0 Å². The van der Waals surface area contributed by atoms with Gasteiger partial charge in [-0.25, -0.2) is 4.79 Å². The predicted octanol–water partition coefficient (Wildman–Crippen LogP) is 3.72. The number of benzene rings is 2. The Hall–Kier alpha value is -3.55. The van der Waals surface area contributed by atoms with E-state index in [0.29, 0.717) is 11.4 Å². The first-order valence-electron chi connectivity index (χ1n) is 7.88. The van der Waals surface area contributed by atoms with Gasteiger partial charge in [-0.15, -0.1) is 0 Å². The van der Waals surface area contributed by atoms with Crippen molar-refractivity contribution >= 4 is 34.5 Å². The first-order chi connectivity index (χ1) is 12.5. The van der Waals surface area contributed by atoms with E-state index in [1.807, 2.05) is 18.2 Å². The zero-order valence-corrected chi connectivity index (χ0v) is 14.4. The summed E-state index contributed by atoms with van der Waals surface area (Å²) in [4.78, 5) is 27.1. The Morgan fingerprint density at radius 3 is 2.46 bits per heavy atom. The highest BCUT2D eigenvalue weighted by Gasteiger charge is 2.18. The van der Waals surface area contributed by atoms with Gasteiger partial charge in [-0.1, -0.05) is 30.3 Å². The van der Waals surface area contributed by atoms with Gasteiger partial charge < -0.3 is 4.74 Å². The summed E-state index contributed by atoms with van der Waals surface area (Å²) in [5.41, 5.74) is 3.47. The quantitative estimate of drug-likeness (QED) is 0.353. The molecule has 1 N–H and O–H groups in total. The molecule has 26 heavy (non-hydrogen) atoms. The van der Waals surface area contributed by atoms with E-state index in [4.69, 9.17) is 4.74 Å². The lowest BCUT2D eigenvalue weighted by molar-refractivity contribution is -0.384. The van der Waals surface area contributed by atoms with Crippen molar-refractivity contribution in [3.8, 4) is 0 Å². The largest absolute Gasteiger partial charge is 0.461 e. The van der Waals surface area contributed by atoms with Crippen molar-refractivity contribution in [3.63, 3.8) is 0 Å². The molecule has 8 heteroatoms. The van der Waals surface area contributed by atoms with E-state index < -0.39 is 10.9 Å². The molecule has 2 aromatic carbocycles. The average molecular weight is 354 g/mol. The molecule has 0 bridgehead atoms. The molecule has 0 atom stereocenters. The third-order valence-corrected chi connectivity index (χ3v) is 3.25. The number of nitrogens with zero attached hydrogens (tertiary/aromatic N) is 3. The monoisotopic (exact) mass is 354 g/mol. The minimum Gasteiger partial charge on any atom is -0.461 e. The number of esters is 1. The van der Waals surface area contributed by atoms with Gasteiger partial charge in [0.2, 0.25) is 0 Å². The molecule has 0 aliphatic rings. The van der Waals surface area contributed by atoms with Gasteiger partial charge in [0.25, 0.3) is 5.69 Å². The Bertz CT molecular complexity index is 847. The van der Waals surface area contributed by atoms with Crippen LogP contribution in [0.1, 0.15) is 13.8 Å². The van der Waals surface area contributed by atoms with Crippen molar-refractivity contribution in [2.75, 3.05) is 12.0 Å². The number of hydrogen-bond donors (Lipinski definition) is 1. The molecule has 0 radical (unpaired) electrons. The van der Waals surface area contributed by atoms with E-state index in [2.05, 4.69) is 15.5 Å². The summed E-state index contributed by atoms with van der Waals surface area (Å²) in [5.74, 6) is -0.671. The van der Waals surface area contributed by atoms with Crippen LogP contribution in [-0.4, -0.2) is 28.9 Å². The van der Waals surface area contributed by atoms with Crippen LogP contribution in [0, 0.1) is 10.1 Å². The number of aliphatic imine (C=N–C) groups is 1. The summed E-state index contributed by atoms with van der Waals surface area (Å²) in [6, 6.07) is 15.0. The summed E-state index contributed by atoms with van der Waals surface area (Å²) >= 11 is 0. The molecule has 0 heterocycles. The fraction of sp³-hybridized carbons (Fsp3) is 0.167. The maximum absolute atomic E-state index is 12.2. The maximum atomic E-state index is 12.2. The standard InChI is InChI=1S/C18H18N4O4/c1-3-26-18(23)17(13(2)19-14-9-5-4-6-10-14)21-20-15-11-7-8-12-16(15)22(24)25/h4-12,20H,3H2,1-2H3. The summed E-state index contributed by atoms with van der Waals surface area (Å²) in [6.07, 6.45) is 0. The smallest absolute Gasteiger partial charge is 0.360 e. The number of carbonyl (C=O) groups excluding carboxylic acids is 1. The molecule has 0 aliphatic heterocycles. The SMILES string of the molecule is CCOC(=O)C(=NNc1ccccc1[N+](=O)[O-])C(C)=Nc1ccccc1. The fourth-order valence-corrected chi connectivity index (χ4v) is 2.07. The lowest BCUT2D eigenvalue weighted by atomic mass is 10.2. The topological polar surface area (TPSA) is 106 Å². The Kier molecular flexibility index (Phi) is 6.55. The maximum Gasteiger partial charge on any atom is 0.360 e. The Morgan fingerprint density at radius 1 is 1.15 bits per heavy atom. The first kappa shape index (κ1) is 18.8. The normalized spacial score (nSPS) is 11.8. The number of hydrogen-bond acceptors (Lipinski definition) is 7. The van der Waals surface area contributed by atoms with Gasteiger partial charge in [0.15, 0.2) is 5.71 Å². The lowest BCUT2D eigenvalue weighted by Gasteiger charge is -2.07. The number of rotatable bonds is 7. The van der Waals surface area contributed by atoms with E-state index in [1.165, 1.54) is 12.1 Å². The van der Waals surface area contributed by atoms with Crippen LogP contribution in [0.25, 0.3) is 0 Å². The molecule has 0 saturated carbocycles. The first-order valence-corrected chi connectivity index (χ1v) is 7.88. The second-order valence-corrected chi connectivity index (χ2v) is 5.10. The van der Waals surface area contributed by atoms with Gasteiger partial charge in [0.05, 0.1) is 22.9 Å². The zero-order chi connectivity index (χ0) is 18.9. The molecule has 0 spiro atoms. The molecule has 8 nitrogen and oxygen atoms in total. The molecule has 0 aliphatic carbocycles. The second kappa shape index (κ2) is 9.07. The van der Waals surface area contributed by atoms with Crippen molar-refractivity contribution in [1.82, 2.24) is 0 Å². The van der Waals surface area contributed by atoms with Gasteiger partial charge in [-0.3, -0.25) is 20.5 Å². The second-order valence-electron chi connectivity index (χ2n) is 5.10. The highest BCUT2D eigenvalue weighted by Crippen LogP contribution is 2.23. The molecule has 0 fully saturated rings. The third-order valence-electron chi connectivity index (χ3n) is 3.25. The Morgan fingerprint density at radius 2 is 1.81 bits per heavy atom. The minimum atomic E-state index is -0.671. The van der Waals surface area contributed by atoms with Crippen LogP contribution >= 0.6 is 0 Å². The van der Waals surface area contributed by atoms with Crippen molar-refractivity contribution in [3.05, 3.63) is 64.7 Å². The molecule has 0 aromatic heterocycles. The minimum absolute atomic E-state index is 0.0612. The van der Waals surface area contributed by atoms with Crippen LogP contribution < -0.4 is 5.43 Å². The number of nitro groups is 1. The van der Waals surface area contributed by atoms with Crippen LogP contribution in [-0.2, 0) is 9.53 Å². The summed E-state index contributed by atoms with van der Waals surface area (Å²) in [7, 11) is 0. The van der Waals surface area contributed by atoms with Crippen molar-refractivity contribution < 1.29 is 14.5 Å². The molecule has 0 amide bonds. The van der Waals surface area contributed by atoms with Crippen molar-refractivity contribution in [1.29, 1.82) is 0 Å². The van der Waals surface area contributed by atoms with Gasteiger partial charge in [0.1, 0.15) is 5.69 Å². The number of ether oxygens (including phenoxy) is 1. The van der Waals surface area contributed by atoms with Gasteiger partial charge >= 0.3 is 5.97 Å². The van der Waals surface area contributed by atoms with Crippen LogP contribution in [0.5, 0.6) is 0 Å². The van der Waals surface area contributed by atoms with Crippen LogP contribution in [0.2, 0.25) is 0 Å². The van der Waals surface area contributed by atoms with E-state index in [1.54, 1.807) is 38.1 Å². The van der Waals surface area contributed by atoms with Crippen LogP contribution in [0.4, 0.5) is 17.1 Å². The van der Waals surface area contributed by atoms with E-state index in [9.17, 15) is 14.9 Å². The molecule has 0 saturated heterocycles. The summed E-state index contributed by atoms with van der Waals surface area (Å²) in [5, 5.41) is 15.1. The third kappa shape index (κ3) is 4.97. The van der Waals surface area contributed by atoms with Crippen LogP contribution in [0.3, 0.4) is 0 Å². The highest BCUT2D eigenvalue weighted by molar-refractivity contribution is 6.65. The van der Waals surface area contributed by atoms with E-state index in [0.717, 1.165) is 0 Å². The van der Waals surface area contributed by atoms with Gasteiger partial charge in [0, 0.05) is 6.07 Å². The van der Waals surface area contributed by atoms with Crippen LogP contribution in [0.15, 0.2) is 64.7 Å². The predicted molar refractivity (Wildman–Crippen MR) is 100.0 cm³/mol. The lowest BCUT2D eigenvalue weighted by Crippen LogP contribution is -2.25. The molecular formula is C18H18N4O4. The molecule has 0 unspecified atom stereocenters. The summed E-state index contributed by atoms with van der Waals surface area (Å²) < 4.78 is 5.00. The Labute approximate surface area is 150 Å². The number of anilines is 1. The number of carbonyl (C=O) groups is 1. The molecule has 2 aromatic rings. The van der Waals surface area contributed by atoms with E-state index in [-0.39, 0.29) is 23.7 Å². The highest BCUT2D eigenvalue weighted by atomic mass is 16.6. The number of hydrazone groups is 1. The van der Waals surface area contributed by atoms with Crippen molar-refractivity contribution in [2.24, 2.45) is 10.1 Å². The molecule has 2 rings (SSSR count). The van der Waals surface area contributed by atoms with Gasteiger partial charge in [-0.2, -0.15) is 5.10 Å². The summed E-state index contributed by atoms with van der Waals surface area (Å²) in [6.45, 7) is 3.46. The average Bonchev–Trinajstić information content (AvgIpc) is 2.63. The fourth-order valence-electron chi connectivity index (χ4n) is 2.07. The number of nitrogens with one attached hydrogen (secondary N) is 1. The molecular weight excluding hydrogens is 336 g/mol. The number of nitro benzene ring substituents is 1. The zero-order valence-electron chi connectivity index (χ0n) is 14.4. The number of para-hydroxylation sites is 3. The molecule has 134 valence electrons. The Balaban J connectivity index is 2.36. The van der Waals surface area contributed by atoms with Crippen molar-refractivity contribution in [2.45, 2.75) is 13.8 Å². The van der Waals surface area contributed by atoms with E-state index >= 15 is 0 Å².